The summed E-state index contributed by atoms with van der Waals surface area (Å²) in [5, 5.41) is 8.13. The third-order valence-electron chi connectivity index (χ3n) is 5.76. The van der Waals surface area contributed by atoms with E-state index in [4.69, 9.17) is 16.3 Å². The number of fused-ring (bicyclic) bond motifs is 1. The van der Waals surface area contributed by atoms with Crippen LogP contribution >= 0.6 is 35.8 Å². The number of hydrogen-bond acceptors (Lipinski definition) is 4. The summed E-state index contributed by atoms with van der Waals surface area (Å²) < 4.78 is 5.37. The second-order valence-electron chi connectivity index (χ2n) is 8.00. The molecule has 0 radical (unpaired) electrons. The van der Waals surface area contributed by atoms with E-state index >= 15 is 0 Å². The highest BCUT2D eigenvalue weighted by molar-refractivity contribution is 8.03. The average Bonchev–Trinajstić information content (AvgIpc) is 3.13. The van der Waals surface area contributed by atoms with Gasteiger partial charge in [0.15, 0.2) is 0 Å². The Balaban J connectivity index is 0.00000289. The van der Waals surface area contributed by atoms with E-state index in [2.05, 4.69) is 74.1 Å². The second kappa shape index (κ2) is 10.3. The van der Waals surface area contributed by atoms with E-state index in [1.807, 2.05) is 23.9 Å². The predicted molar refractivity (Wildman–Crippen MR) is 143 cm³/mol. The third kappa shape index (κ3) is 4.54. The second-order valence-corrected chi connectivity index (χ2v) is 9.57. The van der Waals surface area contributed by atoms with Gasteiger partial charge in [-0.15, -0.1) is 24.2 Å². The van der Waals surface area contributed by atoms with Crippen LogP contribution < -0.4 is 9.75 Å². The lowest BCUT2D eigenvalue weighted by Gasteiger charge is -2.38. The van der Waals surface area contributed by atoms with Crippen LogP contribution in [0, 0.1) is 13.8 Å². The highest BCUT2D eigenvalue weighted by atomic mass is 35.5. The first-order valence-corrected chi connectivity index (χ1v) is 12.0. The van der Waals surface area contributed by atoms with Crippen LogP contribution in [0.5, 0.6) is 5.75 Å². The van der Waals surface area contributed by atoms with E-state index in [1.54, 1.807) is 7.11 Å². The van der Waals surface area contributed by atoms with E-state index < -0.39 is 0 Å². The van der Waals surface area contributed by atoms with Crippen LogP contribution in [0.3, 0.4) is 0 Å². The number of aryl methyl sites for hydroxylation is 2. The minimum atomic E-state index is 0. The molecule has 3 nitrogen and oxygen atoms in total. The minimum absolute atomic E-state index is 0. The lowest BCUT2D eigenvalue weighted by Crippen LogP contribution is -2.41. The molecule has 1 heterocycles. The zero-order chi connectivity index (χ0) is 22.1. The van der Waals surface area contributed by atoms with Crippen molar-refractivity contribution in [2.75, 3.05) is 24.5 Å². The Bertz CT molecular complexity index is 1160. The number of hydrogen-bond donors (Lipinski definition) is 0. The Morgan fingerprint density at radius 3 is 2.53 bits per heavy atom. The molecule has 3 aromatic carbocycles. The molecule has 0 spiro atoms. The number of hydrazine groups is 1. The van der Waals surface area contributed by atoms with Gasteiger partial charge in [-0.3, -0.25) is 10.0 Å². The molecule has 0 aromatic heterocycles. The maximum absolute atomic E-state index is 6.72. The van der Waals surface area contributed by atoms with Crippen molar-refractivity contribution in [3.63, 3.8) is 0 Å². The molecule has 6 heteroatoms. The molecule has 0 amide bonds. The molecule has 0 atom stereocenters. The third-order valence-corrected chi connectivity index (χ3v) is 7.07. The first-order valence-electron chi connectivity index (χ1n) is 10.7. The van der Waals surface area contributed by atoms with E-state index in [-0.39, 0.29) is 12.4 Å². The molecule has 1 aliphatic heterocycles. The standard InChI is InChI=1S/C26H29ClN2OS.ClH/c1-6-13-28(25-18(3)8-9-20-14-17(2)7-11-22(20)25)29-16-31-19(4)26(29)23-12-10-21(30-5)15-24(23)27;/h7-12,14-15H,6,13,16H2,1-5H3;1H. The fourth-order valence-corrected chi connectivity index (χ4v) is 5.45. The molecule has 4 rings (SSSR count). The smallest absolute Gasteiger partial charge is 0.120 e. The van der Waals surface area contributed by atoms with Crippen molar-refractivity contribution in [2.24, 2.45) is 0 Å². The van der Waals surface area contributed by atoms with Gasteiger partial charge in [0.05, 0.1) is 29.4 Å². The van der Waals surface area contributed by atoms with Crippen molar-refractivity contribution in [1.29, 1.82) is 0 Å². The molecule has 170 valence electrons. The van der Waals surface area contributed by atoms with Crippen LogP contribution in [0.4, 0.5) is 5.69 Å². The van der Waals surface area contributed by atoms with Crippen LogP contribution in [-0.4, -0.2) is 24.5 Å². The molecule has 0 unspecified atom stereocenters. The van der Waals surface area contributed by atoms with E-state index in [0.29, 0.717) is 5.02 Å². The molecule has 0 saturated heterocycles. The summed E-state index contributed by atoms with van der Waals surface area (Å²) >= 11 is 8.59. The van der Waals surface area contributed by atoms with Gasteiger partial charge in [0.1, 0.15) is 5.75 Å². The van der Waals surface area contributed by atoms with Crippen LogP contribution in [0.1, 0.15) is 37.0 Å². The quantitative estimate of drug-likeness (QED) is 0.348. The van der Waals surface area contributed by atoms with Gasteiger partial charge in [0, 0.05) is 22.4 Å². The van der Waals surface area contributed by atoms with Crippen molar-refractivity contribution >= 4 is 57.9 Å². The lowest BCUT2D eigenvalue weighted by molar-refractivity contribution is 0.413. The molecule has 0 aliphatic carbocycles. The van der Waals surface area contributed by atoms with Gasteiger partial charge in [-0.25, -0.2) is 0 Å². The number of anilines is 1. The number of benzene rings is 3. The topological polar surface area (TPSA) is 15.7 Å². The highest BCUT2D eigenvalue weighted by Crippen LogP contribution is 2.44. The SMILES string of the molecule is CCCN(c1c(C)ccc2cc(C)ccc12)N1CSC(C)=C1c1ccc(OC)cc1Cl.Cl. The summed E-state index contributed by atoms with van der Waals surface area (Å²) in [6.07, 6.45) is 1.05. The van der Waals surface area contributed by atoms with Gasteiger partial charge < -0.3 is 4.74 Å². The summed E-state index contributed by atoms with van der Waals surface area (Å²) in [6, 6.07) is 17.1. The minimum Gasteiger partial charge on any atom is -0.497 e. The summed E-state index contributed by atoms with van der Waals surface area (Å²) in [5.74, 6) is 1.64. The van der Waals surface area contributed by atoms with Gasteiger partial charge in [-0.05, 0) is 56.3 Å². The molecule has 0 saturated carbocycles. The predicted octanol–water partition coefficient (Wildman–Crippen LogP) is 8.07. The number of ether oxygens (including phenoxy) is 1. The van der Waals surface area contributed by atoms with Gasteiger partial charge in [-0.2, -0.15) is 0 Å². The highest BCUT2D eigenvalue weighted by Gasteiger charge is 2.30. The summed E-state index contributed by atoms with van der Waals surface area (Å²) in [4.78, 5) is 1.28. The van der Waals surface area contributed by atoms with Crippen LogP contribution in [0.25, 0.3) is 16.5 Å². The summed E-state index contributed by atoms with van der Waals surface area (Å²) in [5.41, 5.74) is 6.05. The summed E-state index contributed by atoms with van der Waals surface area (Å²) in [7, 11) is 1.67. The maximum Gasteiger partial charge on any atom is 0.120 e. The Labute approximate surface area is 206 Å². The first-order chi connectivity index (χ1) is 14.9. The van der Waals surface area contributed by atoms with Crippen molar-refractivity contribution < 1.29 is 4.74 Å². The number of allylic oxidation sites excluding steroid dienone is 1. The van der Waals surface area contributed by atoms with Gasteiger partial charge >= 0.3 is 0 Å². The van der Waals surface area contributed by atoms with E-state index in [0.717, 1.165) is 30.2 Å². The Hall–Kier alpha value is -2.01. The number of halogens is 2. The Morgan fingerprint density at radius 1 is 1.06 bits per heavy atom. The molecule has 0 fully saturated rings. The monoisotopic (exact) mass is 488 g/mol. The van der Waals surface area contributed by atoms with Crippen LogP contribution in [-0.2, 0) is 0 Å². The molecular weight excluding hydrogens is 459 g/mol. The number of nitrogens with zero attached hydrogens (tertiary/aromatic N) is 2. The van der Waals surface area contributed by atoms with Gasteiger partial charge in [-0.1, -0.05) is 54.4 Å². The average molecular weight is 490 g/mol. The molecule has 32 heavy (non-hydrogen) atoms. The Kier molecular flexibility index (Phi) is 7.92. The number of methoxy groups -OCH3 is 1. The number of thioether (sulfide) groups is 1. The maximum atomic E-state index is 6.72. The zero-order valence-electron chi connectivity index (χ0n) is 19.2. The molecule has 0 bridgehead atoms. The van der Waals surface area contributed by atoms with Crippen LogP contribution in [0.2, 0.25) is 5.02 Å². The van der Waals surface area contributed by atoms with Crippen molar-refractivity contribution in [2.45, 2.75) is 34.1 Å². The zero-order valence-corrected chi connectivity index (χ0v) is 21.6. The fraction of sp³-hybridized carbons (Fsp3) is 0.308. The largest absolute Gasteiger partial charge is 0.497 e. The molecule has 1 aliphatic rings. The van der Waals surface area contributed by atoms with E-state index in [9.17, 15) is 0 Å². The molecule has 0 N–H and O–H groups in total. The molecule has 3 aromatic rings. The lowest BCUT2D eigenvalue weighted by atomic mass is 10.0. The molecular formula is C26H30Cl2N2OS. The van der Waals surface area contributed by atoms with E-state index in [1.165, 1.54) is 38.2 Å². The fourth-order valence-electron chi connectivity index (χ4n) is 4.26. The van der Waals surface area contributed by atoms with Gasteiger partial charge in [0.2, 0.25) is 0 Å². The summed E-state index contributed by atoms with van der Waals surface area (Å²) in [6.45, 7) is 9.70. The van der Waals surface area contributed by atoms with Crippen molar-refractivity contribution in [1.82, 2.24) is 5.01 Å². The number of rotatable bonds is 6. The first kappa shape index (κ1) is 24.6. The van der Waals surface area contributed by atoms with Crippen LogP contribution in [0.15, 0.2) is 53.4 Å². The van der Waals surface area contributed by atoms with Crippen molar-refractivity contribution in [3.8, 4) is 5.75 Å². The van der Waals surface area contributed by atoms with Gasteiger partial charge in [0.25, 0.3) is 0 Å². The van der Waals surface area contributed by atoms with Crippen molar-refractivity contribution in [3.05, 3.63) is 75.1 Å². The Morgan fingerprint density at radius 2 is 1.84 bits per heavy atom. The normalized spacial score (nSPS) is 13.5.